The number of carbonyl (C=O) groups is 2. The lowest BCUT2D eigenvalue weighted by molar-refractivity contribution is -0.151. The molecule has 0 heterocycles. The molecule has 0 aromatic carbocycles. The first-order valence-electron chi connectivity index (χ1n) is 22.9. The molecule has 0 aromatic heterocycles. The predicted octanol–water partition coefficient (Wildman–Crippen LogP) is 13.3. The molecule has 0 aliphatic heterocycles. The van der Waals surface area contributed by atoms with E-state index >= 15 is 0 Å². The normalized spacial score (nSPS) is 14.5. The quantitative estimate of drug-likeness (QED) is 0.0328. The molecule has 0 aliphatic rings. The Bertz CT molecular complexity index is 1260. The number of aliphatic hydroxyl groups excluding tert-OH is 2. The first-order chi connectivity index (χ1) is 28.5. The summed E-state index contributed by atoms with van der Waals surface area (Å²) in [5.74, 6) is -0.651. The average molecular weight is 802 g/mol. The molecule has 326 valence electrons. The van der Waals surface area contributed by atoms with Crippen molar-refractivity contribution in [2.75, 3.05) is 6.61 Å². The summed E-state index contributed by atoms with van der Waals surface area (Å²) in [5.41, 5.74) is 0. The SMILES string of the molecule is CC/C=C/C=C/C=C\C=C/C=C/CCCC(=O)OC(CCC/C=C/C=C\C=C/C=C/C=C/CC)CC(=O)NC(CO)C(O)CCCCCCCCCCCCCCC. The number of amides is 1. The fourth-order valence-corrected chi connectivity index (χ4v) is 6.13. The smallest absolute Gasteiger partial charge is 0.306 e. The molecule has 0 aromatic rings. The molecule has 6 heteroatoms. The molecule has 0 rings (SSSR count). The zero-order chi connectivity index (χ0) is 42.4. The Morgan fingerprint density at radius 2 is 0.931 bits per heavy atom. The highest BCUT2D eigenvalue weighted by Gasteiger charge is 2.23. The van der Waals surface area contributed by atoms with E-state index in [2.05, 4.69) is 44.3 Å². The minimum Gasteiger partial charge on any atom is -0.462 e. The first-order valence-corrected chi connectivity index (χ1v) is 22.9. The van der Waals surface area contributed by atoms with Crippen LogP contribution in [-0.4, -0.2) is 46.9 Å². The van der Waals surface area contributed by atoms with Gasteiger partial charge in [0.15, 0.2) is 0 Å². The van der Waals surface area contributed by atoms with Gasteiger partial charge in [-0.25, -0.2) is 0 Å². The molecule has 0 bridgehead atoms. The number of hydrogen-bond donors (Lipinski definition) is 3. The van der Waals surface area contributed by atoms with Crippen molar-refractivity contribution < 1.29 is 24.5 Å². The van der Waals surface area contributed by atoms with Crippen molar-refractivity contribution in [3.8, 4) is 0 Å². The third-order valence-corrected chi connectivity index (χ3v) is 9.54. The van der Waals surface area contributed by atoms with E-state index in [0.29, 0.717) is 19.3 Å². The zero-order valence-electron chi connectivity index (χ0n) is 36.9. The van der Waals surface area contributed by atoms with Crippen molar-refractivity contribution in [1.29, 1.82) is 0 Å². The second-order valence-corrected chi connectivity index (χ2v) is 14.9. The van der Waals surface area contributed by atoms with Crippen LogP contribution in [0.5, 0.6) is 0 Å². The summed E-state index contributed by atoms with van der Waals surface area (Å²) in [6.07, 6.45) is 61.2. The molecular weight excluding hydrogens is 719 g/mol. The van der Waals surface area contributed by atoms with E-state index in [1.54, 1.807) is 0 Å². The van der Waals surface area contributed by atoms with Crippen LogP contribution < -0.4 is 5.32 Å². The maximum atomic E-state index is 13.1. The number of ether oxygens (including phenoxy) is 1. The Balaban J connectivity index is 4.85. The van der Waals surface area contributed by atoms with Gasteiger partial charge >= 0.3 is 5.97 Å². The van der Waals surface area contributed by atoms with E-state index in [1.807, 2.05) is 103 Å². The van der Waals surface area contributed by atoms with Crippen molar-refractivity contribution in [2.24, 2.45) is 0 Å². The third-order valence-electron chi connectivity index (χ3n) is 9.54. The van der Waals surface area contributed by atoms with Crippen LogP contribution in [0.25, 0.3) is 0 Å². The van der Waals surface area contributed by atoms with Crippen molar-refractivity contribution in [3.05, 3.63) is 122 Å². The monoisotopic (exact) mass is 802 g/mol. The Kier molecular flexibility index (Phi) is 41.5. The Labute approximate surface area is 355 Å². The molecule has 0 spiro atoms. The van der Waals surface area contributed by atoms with Gasteiger partial charge in [0.1, 0.15) is 6.10 Å². The van der Waals surface area contributed by atoms with Crippen molar-refractivity contribution in [1.82, 2.24) is 5.32 Å². The van der Waals surface area contributed by atoms with Gasteiger partial charge in [-0.05, 0) is 51.4 Å². The molecule has 0 aliphatic carbocycles. The van der Waals surface area contributed by atoms with Crippen molar-refractivity contribution in [3.63, 3.8) is 0 Å². The van der Waals surface area contributed by atoms with E-state index in [1.165, 1.54) is 64.2 Å². The number of unbranched alkanes of at least 4 members (excludes halogenated alkanes) is 14. The largest absolute Gasteiger partial charge is 0.462 e. The number of hydrogen-bond acceptors (Lipinski definition) is 5. The van der Waals surface area contributed by atoms with Crippen molar-refractivity contribution in [2.45, 2.75) is 187 Å². The van der Waals surface area contributed by atoms with Gasteiger partial charge in [-0.15, -0.1) is 0 Å². The molecule has 0 saturated heterocycles. The molecule has 6 nitrogen and oxygen atoms in total. The molecule has 3 unspecified atom stereocenters. The van der Waals surface area contributed by atoms with Crippen LogP contribution in [0.3, 0.4) is 0 Å². The number of aliphatic hydroxyl groups is 2. The minimum atomic E-state index is -0.826. The Hall–Kier alpha value is -3.74. The summed E-state index contributed by atoms with van der Waals surface area (Å²) in [5, 5.41) is 23.6. The highest BCUT2D eigenvalue weighted by molar-refractivity contribution is 5.77. The number of rotatable bonds is 38. The van der Waals surface area contributed by atoms with Crippen LogP contribution in [0.15, 0.2) is 122 Å². The molecule has 1 amide bonds. The van der Waals surface area contributed by atoms with Crippen LogP contribution in [0, 0.1) is 0 Å². The lowest BCUT2D eigenvalue weighted by atomic mass is 10.0. The van der Waals surface area contributed by atoms with E-state index < -0.39 is 18.2 Å². The molecule has 3 atom stereocenters. The standard InChI is InChI=1S/C52H83NO5/c1-4-7-10-13-16-19-22-25-28-31-34-37-40-43-48(58-52(57)45-42-39-36-33-30-27-24-21-18-15-12-9-6-3)46-51(56)53-49(47-54)50(55)44-41-38-35-32-29-26-23-20-17-14-11-8-5-2/h7,9-10,12-13,15-16,18-19,21-22,24-25,27-28,30-31,33-34,36,48-50,54-55H,4-6,8,11,14,17,20,23,26,29,32,35,37-47H2,1-3H3,(H,53,56)/b10-7+,12-9+,16-13+,18-15+,22-19-,24-21-,28-25-,30-27-,34-31+,36-33+. The van der Waals surface area contributed by atoms with Gasteiger partial charge in [0.05, 0.1) is 25.2 Å². The van der Waals surface area contributed by atoms with Crippen LogP contribution in [-0.2, 0) is 14.3 Å². The fourth-order valence-electron chi connectivity index (χ4n) is 6.13. The topological polar surface area (TPSA) is 95.9 Å². The van der Waals surface area contributed by atoms with Gasteiger partial charge in [-0.1, -0.05) is 226 Å². The molecule has 0 radical (unpaired) electrons. The predicted molar refractivity (Wildman–Crippen MR) is 250 cm³/mol. The van der Waals surface area contributed by atoms with E-state index in [4.69, 9.17) is 4.74 Å². The van der Waals surface area contributed by atoms with Crippen LogP contribution >= 0.6 is 0 Å². The molecule has 3 N–H and O–H groups in total. The fraction of sp³-hybridized carbons (Fsp3) is 0.577. The van der Waals surface area contributed by atoms with Crippen LogP contribution in [0.4, 0.5) is 0 Å². The zero-order valence-corrected chi connectivity index (χ0v) is 36.9. The number of allylic oxidation sites excluding steroid dienone is 20. The molecular formula is C52H83NO5. The van der Waals surface area contributed by atoms with Gasteiger partial charge < -0.3 is 20.3 Å². The molecule has 0 fully saturated rings. The highest BCUT2D eigenvalue weighted by Crippen LogP contribution is 2.16. The summed E-state index contributed by atoms with van der Waals surface area (Å²) >= 11 is 0. The second-order valence-electron chi connectivity index (χ2n) is 14.9. The van der Waals surface area contributed by atoms with Crippen LogP contribution in [0.2, 0.25) is 0 Å². The number of carbonyl (C=O) groups excluding carboxylic acids is 2. The first kappa shape index (κ1) is 54.3. The number of esters is 1. The van der Waals surface area contributed by atoms with E-state index in [9.17, 15) is 19.8 Å². The van der Waals surface area contributed by atoms with E-state index in [0.717, 1.165) is 51.4 Å². The summed E-state index contributed by atoms with van der Waals surface area (Å²) < 4.78 is 5.82. The lowest BCUT2D eigenvalue weighted by Gasteiger charge is -2.24. The van der Waals surface area contributed by atoms with Gasteiger partial charge in [0.25, 0.3) is 0 Å². The van der Waals surface area contributed by atoms with Gasteiger partial charge in [-0.3, -0.25) is 9.59 Å². The van der Waals surface area contributed by atoms with Crippen molar-refractivity contribution >= 4 is 11.9 Å². The second kappa shape index (κ2) is 44.4. The van der Waals surface area contributed by atoms with Gasteiger partial charge in [-0.2, -0.15) is 0 Å². The van der Waals surface area contributed by atoms with Crippen LogP contribution in [0.1, 0.15) is 168 Å². The third kappa shape index (κ3) is 39.1. The Morgan fingerprint density at radius 1 is 0.517 bits per heavy atom. The number of nitrogens with one attached hydrogen (secondary N) is 1. The summed E-state index contributed by atoms with van der Waals surface area (Å²) in [4.78, 5) is 26.0. The van der Waals surface area contributed by atoms with Gasteiger partial charge in [0, 0.05) is 6.42 Å². The summed E-state index contributed by atoms with van der Waals surface area (Å²) in [6.45, 7) is 6.12. The molecule has 0 saturated carbocycles. The minimum absolute atomic E-state index is 0.00856. The molecule has 58 heavy (non-hydrogen) atoms. The lowest BCUT2D eigenvalue weighted by Crippen LogP contribution is -2.46. The Morgan fingerprint density at radius 3 is 1.38 bits per heavy atom. The van der Waals surface area contributed by atoms with E-state index in [-0.39, 0.29) is 31.3 Å². The summed E-state index contributed by atoms with van der Waals surface area (Å²) in [7, 11) is 0. The average Bonchev–Trinajstić information content (AvgIpc) is 3.22. The maximum absolute atomic E-state index is 13.1. The summed E-state index contributed by atoms with van der Waals surface area (Å²) in [6, 6.07) is -0.746. The maximum Gasteiger partial charge on any atom is 0.306 e. The van der Waals surface area contributed by atoms with Gasteiger partial charge in [0.2, 0.25) is 5.91 Å². The highest BCUT2D eigenvalue weighted by atomic mass is 16.5.